The minimum atomic E-state index is -0.428. The van der Waals surface area contributed by atoms with E-state index in [4.69, 9.17) is 4.74 Å². The molecule has 5 nitrogen and oxygen atoms in total. The average molecular weight is 294 g/mol. The molecule has 0 saturated carbocycles. The molecule has 16 heavy (non-hydrogen) atoms. The molecule has 1 aromatic carbocycles. The van der Waals surface area contributed by atoms with Crippen molar-refractivity contribution in [1.29, 1.82) is 0 Å². The molecule has 0 bridgehead atoms. The van der Waals surface area contributed by atoms with Crippen LogP contribution in [-0.4, -0.2) is 30.2 Å². The summed E-state index contributed by atoms with van der Waals surface area (Å²) in [6.45, 7) is 0. The maximum atomic E-state index is 11.4. The second-order valence-corrected chi connectivity index (χ2v) is 2.88. The fourth-order valence-corrected chi connectivity index (χ4v) is 1.39. The summed E-state index contributed by atoms with van der Waals surface area (Å²) in [5, 5.41) is 0. The van der Waals surface area contributed by atoms with Crippen molar-refractivity contribution >= 4 is 17.0 Å². The van der Waals surface area contributed by atoms with Gasteiger partial charge in [0, 0.05) is 38.3 Å². The van der Waals surface area contributed by atoms with E-state index in [1.807, 2.05) is 0 Å². The molecule has 2 rings (SSSR count). The van der Waals surface area contributed by atoms with Crippen molar-refractivity contribution in [2.75, 3.05) is 14.2 Å². The summed E-state index contributed by atoms with van der Waals surface area (Å²) in [5.41, 5.74) is 1.53. The summed E-state index contributed by atoms with van der Waals surface area (Å²) in [6, 6.07) is 3.29. The summed E-state index contributed by atoms with van der Waals surface area (Å²) < 4.78 is 9.75. The Labute approximate surface area is 117 Å². The number of carbonyl (C=O) groups is 1. The molecular weight excluding hydrogens is 285 g/mol. The number of nitrogens with zero attached hydrogens (tertiary/aromatic N) is 1. The molecule has 81 valence electrons. The van der Waals surface area contributed by atoms with E-state index in [0.29, 0.717) is 22.3 Å². The monoisotopic (exact) mass is 294 g/mol. The second kappa shape index (κ2) is 5.41. The predicted molar refractivity (Wildman–Crippen MR) is 52.8 cm³/mol. The third-order valence-electron chi connectivity index (χ3n) is 2.11. The molecular formula is C10H9N2O3Y-. The van der Waals surface area contributed by atoms with Crippen molar-refractivity contribution in [2.45, 2.75) is 0 Å². The van der Waals surface area contributed by atoms with Crippen LogP contribution in [0.1, 0.15) is 10.4 Å². The van der Waals surface area contributed by atoms with Gasteiger partial charge in [-0.25, -0.2) is 4.79 Å². The minimum absolute atomic E-state index is 0. The minimum Gasteiger partial charge on any atom is -0.509 e. The number of nitrogens with one attached hydrogen (secondary N) is 1. The van der Waals surface area contributed by atoms with E-state index in [1.54, 1.807) is 19.2 Å². The quantitative estimate of drug-likeness (QED) is 0.667. The Morgan fingerprint density at radius 2 is 2.19 bits per heavy atom. The number of H-pyrrole nitrogens is 1. The number of methoxy groups -OCH3 is 2. The van der Waals surface area contributed by atoms with Gasteiger partial charge in [0.1, 0.15) is 0 Å². The van der Waals surface area contributed by atoms with Gasteiger partial charge in [-0.15, -0.1) is 0 Å². The molecule has 0 spiro atoms. The van der Waals surface area contributed by atoms with Crippen LogP contribution >= 0.6 is 0 Å². The van der Waals surface area contributed by atoms with Crippen LogP contribution in [0.15, 0.2) is 12.1 Å². The number of ether oxygens (including phenoxy) is 2. The van der Waals surface area contributed by atoms with E-state index in [-0.39, 0.29) is 32.7 Å². The summed E-state index contributed by atoms with van der Waals surface area (Å²) >= 11 is 0. The average Bonchev–Trinajstić information content (AvgIpc) is 2.75. The van der Waals surface area contributed by atoms with Gasteiger partial charge in [0.25, 0.3) is 0 Å². The zero-order chi connectivity index (χ0) is 10.8. The van der Waals surface area contributed by atoms with Crippen LogP contribution in [0.3, 0.4) is 0 Å². The first-order valence-electron chi connectivity index (χ1n) is 4.29. The maximum absolute atomic E-state index is 11.4. The molecule has 6 heteroatoms. The van der Waals surface area contributed by atoms with E-state index in [2.05, 4.69) is 21.0 Å². The molecule has 0 aliphatic rings. The molecule has 2 aromatic rings. The Kier molecular flexibility index (Phi) is 4.44. The Morgan fingerprint density at radius 3 is 2.81 bits per heavy atom. The number of aromatic amines is 1. The Hall–Kier alpha value is -0.936. The second-order valence-electron chi connectivity index (χ2n) is 2.88. The van der Waals surface area contributed by atoms with Crippen LogP contribution in [0.2, 0.25) is 0 Å². The number of hydrogen-bond acceptors (Lipinski definition) is 4. The molecule has 1 N–H and O–H groups in total. The van der Waals surface area contributed by atoms with E-state index in [1.165, 1.54) is 7.11 Å². The van der Waals surface area contributed by atoms with E-state index >= 15 is 0 Å². The van der Waals surface area contributed by atoms with Gasteiger partial charge in [-0.05, 0) is 17.9 Å². The summed E-state index contributed by atoms with van der Waals surface area (Å²) in [7, 11) is 2.88. The number of fused-ring (bicyclic) bond motifs is 1. The van der Waals surface area contributed by atoms with Crippen molar-refractivity contribution in [1.82, 2.24) is 9.97 Å². The SMILES string of the molecule is COC(=O)c1ccc(OC)c2[nH][c-]nc12.[Y]. The van der Waals surface area contributed by atoms with E-state index < -0.39 is 5.97 Å². The summed E-state index contributed by atoms with van der Waals surface area (Å²) in [4.78, 5) is 18.1. The number of esters is 1. The van der Waals surface area contributed by atoms with Gasteiger partial charge in [-0.3, -0.25) is 0 Å². The largest absolute Gasteiger partial charge is 0.509 e. The van der Waals surface area contributed by atoms with Crippen LogP contribution in [-0.2, 0) is 37.4 Å². The number of carbonyl (C=O) groups excluding carboxylic acids is 1. The van der Waals surface area contributed by atoms with Crippen LogP contribution in [0, 0.1) is 6.33 Å². The van der Waals surface area contributed by atoms with Gasteiger partial charge in [-0.2, -0.15) is 0 Å². The normalized spacial score (nSPS) is 9.62. The number of imidazole rings is 1. The fourth-order valence-electron chi connectivity index (χ4n) is 1.39. The smallest absolute Gasteiger partial charge is 0.326 e. The molecule has 0 saturated heterocycles. The predicted octanol–water partition coefficient (Wildman–Crippen LogP) is 1.16. The summed E-state index contributed by atoms with van der Waals surface area (Å²) in [5.74, 6) is 0.189. The Bertz CT molecular complexity index is 510. The van der Waals surface area contributed by atoms with Gasteiger partial charge < -0.3 is 19.4 Å². The molecule has 1 radical (unpaired) electrons. The Morgan fingerprint density at radius 1 is 1.44 bits per heavy atom. The van der Waals surface area contributed by atoms with Gasteiger partial charge in [0.05, 0.1) is 20.0 Å². The van der Waals surface area contributed by atoms with Gasteiger partial charge in [0.2, 0.25) is 0 Å². The molecule has 0 amide bonds. The van der Waals surface area contributed by atoms with E-state index in [9.17, 15) is 4.79 Å². The number of benzene rings is 1. The molecule has 0 atom stereocenters. The van der Waals surface area contributed by atoms with Crippen molar-refractivity contribution in [3.63, 3.8) is 0 Å². The van der Waals surface area contributed by atoms with Crippen LogP contribution in [0.5, 0.6) is 5.75 Å². The number of hydrogen-bond donors (Lipinski definition) is 1. The topological polar surface area (TPSA) is 64.2 Å². The van der Waals surface area contributed by atoms with Gasteiger partial charge in [-0.1, -0.05) is 11.6 Å². The summed E-state index contributed by atoms with van der Waals surface area (Å²) in [6.07, 6.45) is 2.57. The van der Waals surface area contributed by atoms with Gasteiger partial charge >= 0.3 is 5.97 Å². The number of rotatable bonds is 2. The zero-order valence-electron chi connectivity index (χ0n) is 8.90. The molecule has 0 unspecified atom stereocenters. The van der Waals surface area contributed by atoms with Crippen molar-refractivity contribution in [3.8, 4) is 5.75 Å². The zero-order valence-corrected chi connectivity index (χ0v) is 11.7. The first kappa shape index (κ1) is 13.1. The fraction of sp³-hybridized carbons (Fsp3) is 0.200. The first-order valence-corrected chi connectivity index (χ1v) is 4.29. The van der Waals surface area contributed by atoms with Crippen molar-refractivity contribution < 1.29 is 47.0 Å². The standard InChI is InChI=1S/C10H9N2O3.Y/c1-14-7-4-3-6(10(13)15-2)8-9(7)12-5-11-8;/h3-4H,1-2H3,(H,11,12);/q-1;. The van der Waals surface area contributed by atoms with Gasteiger partial charge in [0.15, 0.2) is 0 Å². The Balaban J connectivity index is 0.00000128. The molecule has 1 aromatic heterocycles. The first-order chi connectivity index (χ1) is 7.27. The van der Waals surface area contributed by atoms with Crippen LogP contribution in [0.4, 0.5) is 0 Å². The molecule has 0 aliphatic carbocycles. The van der Waals surface area contributed by atoms with E-state index in [0.717, 1.165) is 0 Å². The van der Waals surface area contributed by atoms with Crippen molar-refractivity contribution in [2.24, 2.45) is 0 Å². The third kappa shape index (κ3) is 2.10. The number of aromatic nitrogens is 2. The molecule has 0 aliphatic heterocycles. The molecule has 0 fully saturated rings. The third-order valence-corrected chi connectivity index (χ3v) is 2.11. The van der Waals surface area contributed by atoms with Crippen LogP contribution in [0.25, 0.3) is 11.0 Å². The van der Waals surface area contributed by atoms with Crippen molar-refractivity contribution in [3.05, 3.63) is 24.0 Å². The molecule has 1 heterocycles. The van der Waals surface area contributed by atoms with Crippen LogP contribution < -0.4 is 4.74 Å². The maximum Gasteiger partial charge on any atom is 0.326 e.